The lowest BCUT2D eigenvalue weighted by Gasteiger charge is -2.28. The number of ketones is 1. The monoisotopic (exact) mass is 476 g/mol. The number of hydrogen-bond acceptors (Lipinski definition) is 1. The van der Waals surface area contributed by atoms with Gasteiger partial charge in [-0.3, -0.25) is 4.79 Å². The van der Waals surface area contributed by atoms with Gasteiger partial charge in [-0.25, -0.2) is 0 Å². The molecule has 0 unspecified atom stereocenters. The lowest BCUT2D eigenvalue weighted by atomic mass is 9.77. The molecule has 0 saturated heterocycles. The highest BCUT2D eigenvalue weighted by Crippen LogP contribution is 2.36. The number of aryl methyl sites for hydroxylation is 1. The summed E-state index contributed by atoms with van der Waals surface area (Å²) >= 11 is 5.96. The van der Waals surface area contributed by atoms with E-state index in [1.165, 1.54) is 12.1 Å². The highest BCUT2D eigenvalue weighted by Gasteiger charge is 2.32. The molecule has 8 heteroatoms. The first kappa shape index (κ1) is 24.6. The van der Waals surface area contributed by atoms with E-state index in [2.05, 4.69) is 0 Å². The Balaban J connectivity index is 1.51. The average molecular weight is 477 g/mol. The first-order chi connectivity index (χ1) is 14.9. The van der Waals surface area contributed by atoms with Gasteiger partial charge < -0.3 is 0 Å². The van der Waals surface area contributed by atoms with Crippen LogP contribution in [0, 0.1) is 11.8 Å². The molecule has 0 N–H and O–H groups in total. The van der Waals surface area contributed by atoms with Crippen LogP contribution in [0.5, 0.6) is 0 Å². The molecule has 0 amide bonds. The maximum atomic E-state index is 12.9. The van der Waals surface area contributed by atoms with Crippen molar-refractivity contribution < 1.29 is 31.1 Å². The Hall–Kier alpha value is -2.02. The highest BCUT2D eigenvalue weighted by atomic mass is 35.5. The normalized spacial score (nSPS) is 19.7. The van der Waals surface area contributed by atoms with Gasteiger partial charge in [-0.2, -0.15) is 26.3 Å². The SMILES string of the molecule is O=C(CC1CCC(CCc2cccc(C(F)(F)F)c2)CC1)c1cc(C(F)(F)F)ccc1Cl. The topological polar surface area (TPSA) is 17.1 Å². The lowest BCUT2D eigenvalue weighted by Crippen LogP contribution is -2.18. The molecule has 1 fully saturated rings. The van der Waals surface area contributed by atoms with Crippen LogP contribution in [0.4, 0.5) is 26.3 Å². The summed E-state index contributed by atoms with van der Waals surface area (Å²) < 4.78 is 77.3. The first-order valence-electron chi connectivity index (χ1n) is 10.5. The number of carbonyl (C=O) groups is 1. The third kappa shape index (κ3) is 6.50. The molecule has 1 aliphatic rings. The Morgan fingerprint density at radius 3 is 2.06 bits per heavy atom. The van der Waals surface area contributed by atoms with Crippen LogP contribution < -0.4 is 0 Å². The molecule has 32 heavy (non-hydrogen) atoms. The summed E-state index contributed by atoms with van der Waals surface area (Å²) in [4.78, 5) is 12.6. The molecule has 0 spiro atoms. The minimum absolute atomic E-state index is 0.0118. The Kier molecular flexibility index (Phi) is 7.58. The van der Waals surface area contributed by atoms with Crippen molar-refractivity contribution in [2.45, 2.75) is 57.3 Å². The standard InChI is InChI=1S/C24H23ClF6O/c25-21-11-10-19(24(29,30)31)14-20(21)22(32)13-17-8-5-15(6-9-17)4-7-16-2-1-3-18(12-16)23(26,27)28/h1-3,10-12,14-15,17H,4-9,13H2. The van der Waals surface area contributed by atoms with Crippen LogP contribution in [0.2, 0.25) is 5.02 Å². The highest BCUT2D eigenvalue weighted by molar-refractivity contribution is 6.34. The number of halogens is 7. The second-order valence-electron chi connectivity index (χ2n) is 8.44. The van der Waals surface area contributed by atoms with Crippen molar-refractivity contribution in [2.24, 2.45) is 11.8 Å². The predicted molar refractivity (Wildman–Crippen MR) is 111 cm³/mol. The number of hydrogen-bond donors (Lipinski definition) is 0. The molecule has 0 aliphatic heterocycles. The summed E-state index contributed by atoms with van der Waals surface area (Å²) in [7, 11) is 0. The minimum atomic E-state index is -4.54. The summed E-state index contributed by atoms with van der Waals surface area (Å²) in [5.41, 5.74) is -1.00. The Bertz CT molecular complexity index is 942. The Morgan fingerprint density at radius 2 is 1.44 bits per heavy atom. The van der Waals surface area contributed by atoms with Crippen LogP contribution in [0.15, 0.2) is 42.5 Å². The van der Waals surface area contributed by atoms with Gasteiger partial charge >= 0.3 is 12.4 Å². The fourth-order valence-corrected chi connectivity index (χ4v) is 4.51. The molecule has 2 aromatic carbocycles. The van der Waals surface area contributed by atoms with Gasteiger partial charge in [0.05, 0.1) is 16.1 Å². The molecule has 2 aromatic rings. The molecular formula is C24H23ClF6O. The zero-order valence-corrected chi connectivity index (χ0v) is 18.0. The minimum Gasteiger partial charge on any atom is -0.294 e. The summed E-state index contributed by atoms with van der Waals surface area (Å²) in [5, 5.41) is 0.0118. The summed E-state index contributed by atoms with van der Waals surface area (Å²) in [6.07, 6.45) is -4.24. The third-order valence-electron chi connectivity index (χ3n) is 6.13. The van der Waals surface area contributed by atoms with Gasteiger partial charge in [0.15, 0.2) is 5.78 Å². The van der Waals surface area contributed by atoms with Gasteiger partial charge in [0.2, 0.25) is 0 Å². The fourth-order valence-electron chi connectivity index (χ4n) is 4.29. The van der Waals surface area contributed by atoms with Crippen molar-refractivity contribution in [1.82, 2.24) is 0 Å². The number of rotatable bonds is 6. The van der Waals surface area contributed by atoms with E-state index in [4.69, 9.17) is 11.6 Å². The van der Waals surface area contributed by atoms with Crippen LogP contribution in [0.1, 0.15) is 65.6 Å². The largest absolute Gasteiger partial charge is 0.416 e. The second-order valence-corrected chi connectivity index (χ2v) is 8.85. The average Bonchev–Trinajstić information content (AvgIpc) is 2.72. The van der Waals surface area contributed by atoms with Crippen LogP contribution in [0.3, 0.4) is 0 Å². The van der Waals surface area contributed by atoms with Crippen LogP contribution in [-0.2, 0) is 18.8 Å². The summed E-state index contributed by atoms with van der Waals surface area (Å²) in [6.45, 7) is 0. The summed E-state index contributed by atoms with van der Waals surface area (Å²) in [5.74, 6) is 0.0273. The number of benzene rings is 2. The predicted octanol–water partition coefficient (Wildman–Crippen LogP) is 8.39. The lowest BCUT2D eigenvalue weighted by molar-refractivity contribution is -0.138. The fraction of sp³-hybridized carbons (Fsp3) is 0.458. The Morgan fingerprint density at radius 1 is 0.844 bits per heavy atom. The van der Waals surface area contributed by atoms with E-state index in [0.29, 0.717) is 17.9 Å². The molecule has 0 atom stereocenters. The van der Waals surface area contributed by atoms with Crippen molar-refractivity contribution in [1.29, 1.82) is 0 Å². The molecule has 1 saturated carbocycles. The molecule has 1 aliphatic carbocycles. The molecule has 0 heterocycles. The zero-order chi connectivity index (χ0) is 23.5. The summed E-state index contributed by atoms with van der Waals surface area (Å²) in [6, 6.07) is 8.12. The van der Waals surface area contributed by atoms with Crippen LogP contribution in [0.25, 0.3) is 0 Å². The van der Waals surface area contributed by atoms with Crippen molar-refractivity contribution >= 4 is 17.4 Å². The van der Waals surface area contributed by atoms with Crippen molar-refractivity contribution in [3.8, 4) is 0 Å². The molecule has 0 aromatic heterocycles. The number of carbonyl (C=O) groups excluding carboxylic acids is 1. The van der Waals surface area contributed by atoms with Crippen LogP contribution in [-0.4, -0.2) is 5.78 Å². The zero-order valence-electron chi connectivity index (χ0n) is 17.2. The van der Waals surface area contributed by atoms with Crippen molar-refractivity contribution in [3.63, 3.8) is 0 Å². The van der Waals surface area contributed by atoms with Gasteiger partial charge in [0.1, 0.15) is 0 Å². The van der Waals surface area contributed by atoms with Crippen molar-refractivity contribution in [2.75, 3.05) is 0 Å². The van der Waals surface area contributed by atoms with E-state index >= 15 is 0 Å². The van der Waals surface area contributed by atoms with E-state index in [-0.39, 0.29) is 22.9 Å². The molecule has 0 bridgehead atoms. The van der Waals surface area contributed by atoms with E-state index in [9.17, 15) is 31.1 Å². The van der Waals surface area contributed by atoms with Crippen molar-refractivity contribution in [3.05, 3.63) is 69.7 Å². The van der Waals surface area contributed by atoms with E-state index in [0.717, 1.165) is 56.4 Å². The van der Waals surface area contributed by atoms with Gasteiger partial charge in [-0.1, -0.05) is 42.6 Å². The molecule has 174 valence electrons. The van der Waals surface area contributed by atoms with E-state index < -0.39 is 29.3 Å². The first-order valence-corrected chi connectivity index (χ1v) is 10.9. The Labute approximate surface area is 187 Å². The quantitative estimate of drug-likeness (QED) is 0.302. The molecule has 1 nitrogen and oxygen atoms in total. The third-order valence-corrected chi connectivity index (χ3v) is 6.46. The molecule has 0 radical (unpaired) electrons. The number of Topliss-reactive ketones (excluding diaryl/α,β-unsaturated/α-hetero) is 1. The van der Waals surface area contributed by atoms with Gasteiger partial charge in [-0.15, -0.1) is 0 Å². The maximum absolute atomic E-state index is 12.9. The molecule has 3 rings (SSSR count). The molecular weight excluding hydrogens is 454 g/mol. The second kappa shape index (κ2) is 9.86. The van der Waals surface area contributed by atoms with Gasteiger partial charge in [0, 0.05) is 12.0 Å². The van der Waals surface area contributed by atoms with Gasteiger partial charge in [-0.05, 0) is 67.3 Å². The van der Waals surface area contributed by atoms with Gasteiger partial charge in [0.25, 0.3) is 0 Å². The maximum Gasteiger partial charge on any atom is 0.416 e. The number of alkyl halides is 6. The van der Waals surface area contributed by atoms with E-state index in [1.807, 2.05) is 0 Å². The van der Waals surface area contributed by atoms with Crippen LogP contribution >= 0.6 is 11.6 Å². The van der Waals surface area contributed by atoms with E-state index in [1.54, 1.807) is 6.07 Å². The smallest absolute Gasteiger partial charge is 0.294 e.